The van der Waals surface area contributed by atoms with Crippen LogP contribution in [0.4, 0.5) is 0 Å². The van der Waals surface area contributed by atoms with Crippen LogP contribution in [0.2, 0.25) is 0 Å². The Kier molecular flexibility index (Phi) is 5.63. The van der Waals surface area contributed by atoms with Gasteiger partial charge in [0.2, 0.25) is 0 Å². The lowest BCUT2D eigenvalue weighted by Crippen LogP contribution is -2.37. The number of likely N-dealkylation sites (N-methyl/N-ethyl adjacent to an activating group) is 1. The van der Waals surface area contributed by atoms with Gasteiger partial charge in [0.15, 0.2) is 0 Å². The van der Waals surface area contributed by atoms with E-state index < -0.39 is 0 Å². The molecular formula is C15H21IN2O. The fourth-order valence-electron chi connectivity index (χ4n) is 2.61. The van der Waals surface area contributed by atoms with E-state index in [0.29, 0.717) is 6.04 Å². The number of nitrogens with zero attached hydrogens (tertiary/aromatic N) is 1. The summed E-state index contributed by atoms with van der Waals surface area (Å²) >= 11 is 2.20. The Morgan fingerprint density at radius 2 is 2.05 bits per heavy atom. The number of rotatable bonds is 5. The summed E-state index contributed by atoms with van der Waals surface area (Å²) in [7, 11) is 2.16. The average Bonchev–Trinajstić information content (AvgIpc) is 2.93. The van der Waals surface area contributed by atoms with E-state index in [1.807, 2.05) is 24.3 Å². The van der Waals surface area contributed by atoms with E-state index in [2.05, 4.69) is 39.9 Å². The Balaban J connectivity index is 1.76. The van der Waals surface area contributed by atoms with E-state index >= 15 is 0 Å². The molecule has 0 spiro atoms. The van der Waals surface area contributed by atoms with E-state index in [1.165, 1.54) is 25.7 Å². The molecular weight excluding hydrogens is 351 g/mol. The molecule has 0 heterocycles. The van der Waals surface area contributed by atoms with Gasteiger partial charge < -0.3 is 10.2 Å². The second-order valence-corrected chi connectivity index (χ2v) is 6.32. The second-order valence-electron chi connectivity index (χ2n) is 5.15. The minimum atomic E-state index is 0.0322. The zero-order chi connectivity index (χ0) is 13.7. The number of carbonyl (C=O) groups is 1. The highest BCUT2D eigenvalue weighted by Crippen LogP contribution is 2.21. The van der Waals surface area contributed by atoms with Gasteiger partial charge in [0.05, 0.1) is 5.56 Å². The third-order valence-corrected chi connectivity index (χ3v) is 4.76. The summed E-state index contributed by atoms with van der Waals surface area (Å²) < 4.78 is 1.00. The number of carbonyl (C=O) groups excluding carboxylic acids is 1. The predicted octanol–water partition coefficient (Wildman–Crippen LogP) is 2.90. The van der Waals surface area contributed by atoms with Gasteiger partial charge in [0.25, 0.3) is 5.91 Å². The second kappa shape index (κ2) is 7.24. The van der Waals surface area contributed by atoms with Gasteiger partial charge in [0, 0.05) is 22.7 Å². The SMILES string of the molecule is CN(CCNC(=O)c1ccccc1I)C1CCCC1. The molecule has 1 N–H and O–H groups in total. The number of hydrogen-bond acceptors (Lipinski definition) is 2. The normalized spacial score (nSPS) is 15.9. The summed E-state index contributed by atoms with van der Waals surface area (Å²) in [5, 5.41) is 3.01. The molecule has 0 radical (unpaired) electrons. The zero-order valence-electron chi connectivity index (χ0n) is 11.4. The highest BCUT2D eigenvalue weighted by Gasteiger charge is 2.19. The molecule has 19 heavy (non-hydrogen) atoms. The van der Waals surface area contributed by atoms with Gasteiger partial charge in [0.1, 0.15) is 0 Å². The van der Waals surface area contributed by atoms with Crippen LogP contribution < -0.4 is 5.32 Å². The largest absolute Gasteiger partial charge is 0.351 e. The lowest BCUT2D eigenvalue weighted by atomic mass is 10.2. The topological polar surface area (TPSA) is 32.3 Å². The van der Waals surface area contributed by atoms with E-state index in [4.69, 9.17) is 0 Å². The average molecular weight is 372 g/mol. The molecule has 1 aromatic rings. The number of amides is 1. The van der Waals surface area contributed by atoms with Gasteiger partial charge >= 0.3 is 0 Å². The number of benzene rings is 1. The lowest BCUT2D eigenvalue weighted by molar-refractivity contribution is 0.0946. The summed E-state index contributed by atoms with van der Waals surface area (Å²) in [4.78, 5) is 14.4. The van der Waals surface area contributed by atoms with Crippen LogP contribution in [0.1, 0.15) is 36.0 Å². The van der Waals surface area contributed by atoms with Gasteiger partial charge in [-0.05, 0) is 54.6 Å². The Bertz CT molecular complexity index is 430. The Hall–Kier alpha value is -0.620. The minimum Gasteiger partial charge on any atom is -0.351 e. The number of halogens is 1. The molecule has 1 fully saturated rings. The third kappa shape index (κ3) is 4.18. The number of hydrogen-bond donors (Lipinski definition) is 1. The molecule has 0 aliphatic heterocycles. The van der Waals surface area contributed by atoms with Gasteiger partial charge in [-0.25, -0.2) is 0 Å². The van der Waals surface area contributed by atoms with Crippen molar-refractivity contribution < 1.29 is 4.79 Å². The van der Waals surface area contributed by atoms with E-state index in [0.717, 1.165) is 22.2 Å². The van der Waals surface area contributed by atoms with E-state index in [9.17, 15) is 4.79 Å². The molecule has 0 aromatic heterocycles. The van der Waals surface area contributed by atoms with Crippen molar-refractivity contribution in [1.29, 1.82) is 0 Å². The van der Waals surface area contributed by atoms with Crippen molar-refractivity contribution in [1.82, 2.24) is 10.2 Å². The maximum atomic E-state index is 12.0. The highest BCUT2D eigenvalue weighted by molar-refractivity contribution is 14.1. The predicted molar refractivity (Wildman–Crippen MR) is 86.4 cm³/mol. The summed E-state index contributed by atoms with van der Waals surface area (Å²) in [6.45, 7) is 1.65. The van der Waals surface area contributed by atoms with Crippen molar-refractivity contribution in [3.8, 4) is 0 Å². The first-order chi connectivity index (χ1) is 9.18. The number of nitrogens with one attached hydrogen (secondary N) is 1. The molecule has 1 amide bonds. The molecule has 0 atom stereocenters. The zero-order valence-corrected chi connectivity index (χ0v) is 13.5. The fourth-order valence-corrected chi connectivity index (χ4v) is 3.25. The molecule has 3 nitrogen and oxygen atoms in total. The van der Waals surface area contributed by atoms with Crippen molar-refractivity contribution >= 4 is 28.5 Å². The van der Waals surface area contributed by atoms with Crippen molar-refractivity contribution in [2.24, 2.45) is 0 Å². The molecule has 0 saturated heterocycles. The summed E-state index contributed by atoms with van der Waals surface area (Å²) in [6.07, 6.45) is 5.31. The van der Waals surface area contributed by atoms with Crippen molar-refractivity contribution in [2.75, 3.05) is 20.1 Å². The van der Waals surface area contributed by atoms with Crippen LogP contribution >= 0.6 is 22.6 Å². The van der Waals surface area contributed by atoms with Crippen LogP contribution in [-0.4, -0.2) is 37.0 Å². The van der Waals surface area contributed by atoms with Crippen LogP contribution in [0.25, 0.3) is 0 Å². The first kappa shape index (κ1) is 14.8. The first-order valence-corrected chi connectivity index (χ1v) is 7.99. The molecule has 104 valence electrons. The monoisotopic (exact) mass is 372 g/mol. The van der Waals surface area contributed by atoms with Gasteiger partial charge in [-0.3, -0.25) is 4.79 Å². The Labute approximate surface area is 128 Å². The first-order valence-electron chi connectivity index (χ1n) is 6.91. The molecule has 2 rings (SSSR count). The van der Waals surface area contributed by atoms with Gasteiger partial charge in [-0.1, -0.05) is 25.0 Å². The molecule has 1 aromatic carbocycles. The van der Waals surface area contributed by atoms with Gasteiger partial charge in [-0.2, -0.15) is 0 Å². The van der Waals surface area contributed by atoms with Crippen LogP contribution in [0.5, 0.6) is 0 Å². The smallest absolute Gasteiger partial charge is 0.252 e. The van der Waals surface area contributed by atoms with Gasteiger partial charge in [-0.15, -0.1) is 0 Å². The van der Waals surface area contributed by atoms with Crippen LogP contribution in [0.15, 0.2) is 24.3 Å². The Morgan fingerprint density at radius 3 is 2.74 bits per heavy atom. The van der Waals surface area contributed by atoms with E-state index in [1.54, 1.807) is 0 Å². The van der Waals surface area contributed by atoms with Crippen molar-refractivity contribution in [3.63, 3.8) is 0 Å². The highest BCUT2D eigenvalue weighted by atomic mass is 127. The fraction of sp³-hybridized carbons (Fsp3) is 0.533. The summed E-state index contributed by atoms with van der Waals surface area (Å²) in [6, 6.07) is 8.40. The molecule has 1 aliphatic rings. The van der Waals surface area contributed by atoms with Crippen LogP contribution in [0.3, 0.4) is 0 Å². The van der Waals surface area contributed by atoms with Crippen molar-refractivity contribution in [3.05, 3.63) is 33.4 Å². The molecule has 0 bridgehead atoms. The quantitative estimate of drug-likeness (QED) is 0.807. The Morgan fingerprint density at radius 1 is 1.37 bits per heavy atom. The molecule has 1 aliphatic carbocycles. The maximum absolute atomic E-state index is 12.0. The standard InChI is InChI=1S/C15H21IN2O/c1-18(12-6-2-3-7-12)11-10-17-15(19)13-8-4-5-9-14(13)16/h4-5,8-9,12H,2-3,6-7,10-11H2,1H3,(H,17,19). The molecule has 4 heteroatoms. The van der Waals surface area contributed by atoms with Crippen molar-refractivity contribution in [2.45, 2.75) is 31.7 Å². The summed E-state index contributed by atoms with van der Waals surface area (Å²) in [5.74, 6) is 0.0322. The van der Waals surface area contributed by atoms with Crippen LogP contribution in [0, 0.1) is 3.57 Å². The molecule has 0 unspecified atom stereocenters. The maximum Gasteiger partial charge on any atom is 0.252 e. The third-order valence-electron chi connectivity index (χ3n) is 3.82. The lowest BCUT2D eigenvalue weighted by Gasteiger charge is -2.23. The molecule has 1 saturated carbocycles. The van der Waals surface area contributed by atoms with E-state index in [-0.39, 0.29) is 5.91 Å². The minimum absolute atomic E-state index is 0.0322. The summed E-state index contributed by atoms with van der Waals surface area (Å²) in [5.41, 5.74) is 0.770. The van der Waals surface area contributed by atoms with Crippen LogP contribution in [-0.2, 0) is 0 Å².